The standard InChI is InChI=1S/C17H20N6OS/c1-9-14(25-10(2)19-9)17(24)23-7-3-4-11(8-23)13-6-5-12-15(18)21-22-16(12)20-13/h5-6,11H,3-4,7-8H2,1-2H3,(H3,18,20,21,22). The van der Waals surface area contributed by atoms with Crippen molar-refractivity contribution in [2.75, 3.05) is 18.8 Å². The van der Waals surface area contributed by atoms with Gasteiger partial charge in [0.15, 0.2) is 5.65 Å². The Morgan fingerprint density at radius 1 is 1.36 bits per heavy atom. The maximum Gasteiger partial charge on any atom is 0.265 e. The number of carbonyl (C=O) groups is 1. The number of piperidine rings is 1. The van der Waals surface area contributed by atoms with Crippen LogP contribution in [0.15, 0.2) is 12.1 Å². The number of H-pyrrole nitrogens is 1. The van der Waals surface area contributed by atoms with Gasteiger partial charge in [0, 0.05) is 24.7 Å². The maximum absolute atomic E-state index is 12.9. The number of fused-ring (bicyclic) bond motifs is 1. The van der Waals surface area contributed by atoms with Gasteiger partial charge in [-0.25, -0.2) is 9.97 Å². The molecule has 1 atom stereocenters. The summed E-state index contributed by atoms with van der Waals surface area (Å²) in [5.74, 6) is 0.831. The van der Waals surface area contributed by atoms with Gasteiger partial charge in [0.25, 0.3) is 5.91 Å². The number of thiazole rings is 1. The number of hydrogen-bond donors (Lipinski definition) is 2. The van der Waals surface area contributed by atoms with Crippen LogP contribution in [-0.4, -0.2) is 44.1 Å². The molecule has 1 saturated heterocycles. The number of carbonyl (C=O) groups excluding carboxylic acids is 1. The normalized spacial score (nSPS) is 18.0. The third-order valence-electron chi connectivity index (χ3n) is 4.69. The van der Waals surface area contributed by atoms with Crippen LogP contribution in [0, 0.1) is 13.8 Å². The van der Waals surface area contributed by atoms with Gasteiger partial charge in [-0.05, 0) is 38.8 Å². The number of aromatic amines is 1. The number of nitrogen functional groups attached to an aromatic ring is 1. The SMILES string of the molecule is Cc1nc(C)c(C(=O)N2CCCC(c3ccc4c(N)[nH]nc4n3)C2)s1. The van der Waals surface area contributed by atoms with Gasteiger partial charge in [-0.3, -0.25) is 9.89 Å². The number of amides is 1. The molecule has 4 rings (SSSR count). The highest BCUT2D eigenvalue weighted by Crippen LogP contribution is 2.29. The third-order valence-corrected chi connectivity index (χ3v) is 5.75. The fraction of sp³-hybridized carbons (Fsp3) is 0.412. The van der Waals surface area contributed by atoms with Gasteiger partial charge in [-0.2, -0.15) is 5.10 Å². The maximum atomic E-state index is 12.9. The molecule has 0 spiro atoms. The molecule has 3 aromatic rings. The number of nitrogens with zero attached hydrogens (tertiary/aromatic N) is 4. The number of nitrogens with one attached hydrogen (secondary N) is 1. The number of aryl methyl sites for hydroxylation is 2. The first-order valence-corrected chi connectivity index (χ1v) is 9.18. The van der Waals surface area contributed by atoms with Crippen molar-refractivity contribution in [2.45, 2.75) is 32.6 Å². The molecule has 0 radical (unpaired) electrons. The van der Waals surface area contributed by atoms with Gasteiger partial charge in [0.05, 0.1) is 16.1 Å². The zero-order valence-corrected chi connectivity index (χ0v) is 15.1. The van der Waals surface area contributed by atoms with Crippen molar-refractivity contribution in [3.05, 3.63) is 33.4 Å². The number of aromatic nitrogens is 4. The summed E-state index contributed by atoms with van der Waals surface area (Å²) in [6, 6.07) is 3.95. The van der Waals surface area contributed by atoms with Crippen LogP contribution in [0.25, 0.3) is 11.0 Å². The highest BCUT2D eigenvalue weighted by atomic mass is 32.1. The van der Waals surface area contributed by atoms with Crippen LogP contribution in [0.3, 0.4) is 0 Å². The summed E-state index contributed by atoms with van der Waals surface area (Å²) < 4.78 is 0. The van der Waals surface area contributed by atoms with Gasteiger partial charge in [-0.1, -0.05) is 0 Å². The summed E-state index contributed by atoms with van der Waals surface area (Å²) in [7, 11) is 0. The lowest BCUT2D eigenvalue weighted by molar-refractivity contribution is 0.0710. The van der Waals surface area contributed by atoms with E-state index in [0.29, 0.717) is 18.0 Å². The van der Waals surface area contributed by atoms with Crippen LogP contribution in [0.2, 0.25) is 0 Å². The molecule has 1 fully saturated rings. The van der Waals surface area contributed by atoms with Crippen LogP contribution in [0.5, 0.6) is 0 Å². The lowest BCUT2D eigenvalue weighted by Gasteiger charge is -2.32. The lowest BCUT2D eigenvalue weighted by atomic mass is 9.94. The van der Waals surface area contributed by atoms with E-state index in [1.54, 1.807) is 0 Å². The average molecular weight is 356 g/mol. The molecule has 0 saturated carbocycles. The second-order valence-electron chi connectivity index (χ2n) is 6.48. The summed E-state index contributed by atoms with van der Waals surface area (Å²) in [4.78, 5) is 24.6. The first-order valence-electron chi connectivity index (χ1n) is 8.36. The molecule has 7 nitrogen and oxygen atoms in total. The van der Waals surface area contributed by atoms with E-state index in [1.807, 2.05) is 30.9 Å². The Hall–Kier alpha value is -2.48. The van der Waals surface area contributed by atoms with Crippen molar-refractivity contribution in [3.8, 4) is 0 Å². The smallest absolute Gasteiger partial charge is 0.265 e. The van der Waals surface area contributed by atoms with Crippen molar-refractivity contribution in [1.82, 2.24) is 25.1 Å². The lowest BCUT2D eigenvalue weighted by Crippen LogP contribution is -2.39. The first kappa shape index (κ1) is 16.0. The second kappa shape index (κ2) is 6.11. The molecule has 4 heterocycles. The van der Waals surface area contributed by atoms with E-state index in [-0.39, 0.29) is 11.8 Å². The van der Waals surface area contributed by atoms with Gasteiger partial charge in [0.2, 0.25) is 0 Å². The molecule has 0 aliphatic carbocycles. The molecule has 0 bridgehead atoms. The number of likely N-dealkylation sites (tertiary alicyclic amines) is 1. The number of rotatable bonds is 2. The molecule has 1 aliphatic heterocycles. The summed E-state index contributed by atoms with van der Waals surface area (Å²) in [5.41, 5.74) is 8.25. The average Bonchev–Trinajstić information content (AvgIpc) is 3.16. The van der Waals surface area contributed by atoms with E-state index < -0.39 is 0 Å². The predicted molar refractivity (Wildman–Crippen MR) is 97.8 cm³/mol. The highest BCUT2D eigenvalue weighted by Gasteiger charge is 2.28. The van der Waals surface area contributed by atoms with Crippen LogP contribution in [0.4, 0.5) is 5.82 Å². The highest BCUT2D eigenvalue weighted by molar-refractivity contribution is 7.13. The Morgan fingerprint density at radius 2 is 2.20 bits per heavy atom. The van der Waals surface area contributed by atoms with Gasteiger partial charge in [-0.15, -0.1) is 11.3 Å². The molecule has 3 N–H and O–H groups in total. The molecule has 3 aromatic heterocycles. The Labute approximate surface area is 149 Å². The summed E-state index contributed by atoms with van der Waals surface area (Å²) in [5, 5.41) is 8.67. The van der Waals surface area contributed by atoms with Crippen molar-refractivity contribution < 1.29 is 4.79 Å². The van der Waals surface area contributed by atoms with Crippen molar-refractivity contribution in [2.24, 2.45) is 0 Å². The van der Waals surface area contributed by atoms with E-state index in [1.165, 1.54) is 11.3 Å². The molecular weight excluding hydrogens is 336 g/mol. The van der Waals surface area contributed by atoms with E-state index in [2.05, 4.69) is 20.2 Å². The minimum atomic E-state index is 0.0814. The van der Waals surface area contributed by atoms with Crippen LogP contribution in [0.1, 0.15) is 44.8 Å². The van der Waals surface area contributed by atoms with Gasteiger partial charge >= 0.3 is 0 Å². The number of hydrogen-bond acceptors (Lipinski definition) is 6. The number of anilines is 1. The van der Waals surface area contributed by atoms with E-state index in [0.717, 1.165) is 46.0 Å². The van der Waals surface area contributed by atoms with Crippen molar-refractivity contribution in [3.63, 3.8) is 0 Å². The van der Waals surface area contributed by atoms with Gasteiger partial charge in [0.1, 0.15) is 10.7 Å². The number of nitrogens with two attached hydrogens (primary N) is 1. The minimum Gasteiger partial charge on any atom is -0.384 e. The molecule has 1 amide bonds. The zero-order valence-electron chi connectivity index (χ0n) is 14.2. The fourth-order valence-corrected chi connectivity index (χ4v) is 4.32. The predicted octanol–water partition coefficient (Wildman–Crippen LogP) is 2.63. The summed E-state index contributed by atoms with van der Waals surface area (Å²) in [6.07, 6.45) is 1.98. The number of pyridine rings is 1. The fourth-order valence-electron chi connectivity index (χ4n) is 3.44. The monoisotopic (exact) mass is 356 g/mol. The Morgan fingerprint density at radius 3 is 2.96 bits per heavy atom. The Bertz CT molecular complexity index is 946. The Balaban J connectivity index is 1.57. The topological polar surface area (TPSA) is 101 Å². The minimum absolute atomic E-state index is 0.0814. The van der Waals surface area contributed by atoms with E-state index >= 15 is 0 Å². The Kier molecular flexibility index (Phi) is 3.91. The molecule has 1 aliphatic rings. The van der Waals surface area contributed by atoms with Gasteiger partial charge < -0.3 is 10.6 Å². The van der Waals surface area contributed by atoms with Crippen molar-refractivity contribution >= 4 is 34.1 Å². The van der Waals surface area contributed by atoms with Crippen LogP contribution in [-0.2, 0) is 0 Å². The third kappa shape index (κ3) is 2.86. The molecule has 130 valence electrons. The molecule has 25 heavy (non-hydrogen) atoms. The molecule has 0 aromatic carbocycles. The largest absolute Gasteiger partial charge is 0.384 e. The molecular formula is C17H20N6OS. The quantitative estimate of drug-likeness (QED) is 0.735. The summed E-state index contributed by atoms with van der Waals surface area (Å²) >= 11 is 1.47. The van der Waals surface area contributed by atoms with Crippen molar-refractivity contribution in [1.29, 1.82) is 0 Å². The molecule has 8 heteroatoms. The molecule has 1 unspecified atom stereocenters. The second-order valence-corrected chi connectivity index (χ2v) is 7.69. The van der Waals surface area contributed by atoms with E-state index in [4.69, 9.17) is 5.73 Å². The van der Waals surface area contributed by atoms with Crippen LogP contribution < -0.4 is 5.73 Å². The van der Waals surface area contributed by atoms with E-state index in [9.17, 15) is 4.79 Å². The first-order chi connectivity index (χ1) is 12.0. The summed E-state index contributed by atoms with van der Waals surface area (Å²) in [6.45, 7) is 5.29. The zero-order chi connectivity index (χ0) is 17.6. The van der Waals surface area contributed by atoms with Crippen LogP contribution >= 0.6 is 11.3 Å².